The van der Waals surface area contributed by atoms with Crippen LogP contribution in [0.15, 0.2) is 28.7 Å². The van der Waals surface area contributed by atoms with Crippen LogP contribution in [0.3, 0.4) is 0 Å². The Bertz CT molecular complexity index is 537. The van der Waals surface area contributed by atoms with E-state index in [9.17, 15) is 0 Å². The van der Waals surface area contributed by atoms with E-state index in [4.69, 9.17) is 4.42 Å². The molecule has 0 radical (unpaired) electrons. The molecule has 1 aromatic carbocycles. The van der Waals surface area contributed by atoms with Gasteiger partial charge in [-0.3, -0.25) is 4.90 Å². The lowest BCUT2D eigenvalue weighted by Gasteiger charge is -2.13. The fourth-order valence-electron chi connectivity index (χ4n) is 2.19. The lowest BCUT2D eigenvalue weighted by molar-refractivity contribution is 0.474. The van der Waals surface area contributed by atoms with Crippen LogP contribution in [0.5, 0.6) is 0 Å². The number of nitrogens with one attached hydrogen (secondary N) is 1. The zero-order valence-electron chi connectivity index (χ0n) is 10.4. The molecule has 0 unspecified atom stereocenters. The SMILES string of the molecule is CCNCc1nnc(N2CCc3ccccc32)o1. The lowest BCUT2D eigenvalue weighted by Crippen LogP contribution is -2.13. The first-order valence-corrected chi connectivity index (χ1v) is 6.27. The third-order valence-corrected chi connectivity index (χ3v) is 3.10. The Kier molecular flexibility index (Phi) is 2.98. The molecule has 0 fully saturated rings. The van der Waals surface area contributed by atoms with Gasteiger partial charge in [-0.2, -0.15) is 0 Å². The van der Waals surface area contributed by atoms with Gasteiger partial charge < -0.3 is 9.73 Å². The Morgan fingerprint density at radius 3 is 3.11 bits per heavy atom. The van der Waals surface area contributed by atoms with Crippen molar-refractivity contribution >= 4 is 11.7 Å². The minimum atomic E-state index is 0.591. The molecule has 1 aromatic heterocycles. The summed E-state index contributed by atoms with van der Waals surface area (Å²) in [5.74, 6) is 0.635. The molecular formula is C13H16N4O. The van der Waals surface area contributed by atoms with Gasteiger partial charge in [0.05, 0.1) is 6.54 Å². The highest BCUT2D eigenvalue weighted by Gasteiger charge is 2.23. The Labute approximate surface area is 106 Å². The summed E-state index contributed by atoms with van der Waals surface area (Å²) in [5.41, 5.74) is 2.51. The van der Waals surface area contributed by atoms with Crippen LogP contribution in [-0.4, -0.2) is 23.3 Å². The summed E-state index contributed by atoms with van der Waals surface area (Å²) < 4.78 is 5.67. The van der Waals surface area contributed by atoms with Gasteiger partial charge in [-0.05, 0) is 24.6 Å². The summed E-state index contributed by atoms with van der Waals surface area (Å²) in [6.07, 6.45) is 1.03. The maximum Gasteiger partial charge on any atom is 0.322 e. The molecule has 94 valence electrons. The molecule has 1 aliphatic rings. The molecule has 0 saturated heterocycles. The Morgan fingerprint density at radius 2 is 2.22 bits per heavy atom. The van der Waals surface area contributed by atoms with E-state index in [1.54, 1.807) is 0 Å². The van der Waals surface area contributed by atoms with Crippen LogP contribution in [0.25, 0.3) is 0 Å². The molecule has 1 aliphatic heterocycles. The van der Waals surface area contributed by atoms with Gasteiger partial charge in [0.15, 0.2) is 0 Å². The van der Waals surface area contributed by atoms with Crippen LogP contribution >= 0.6 is 0 Å². The molecular weight excluding hydrogens is 228 g/mol. The highest BCUT2D eigenvalue weighted by molar-refractivity contribution is 5.64. The van der Waals surface area contributed by atoms with Crippen molar-refractivity contribution < 1.29 is 4.42 Å². The number of hydrogen-bond acceptors (Lipinski definition) is 5. The van der Waals surface area contributed by atoms with Gasteiger partial charge in [0.2, 0.25) is 5.89 Å². The van der Waals surface area contributed by atoms with Crippen molar-refractivity contribution in [1.29, 1.82) is 0 Å². The lowest BCUT2D eigenvalue weighted by atomic mass is 10.2. The Hall–Kier alpha value is -1.88. The maximum absolute atomic E-state index is 5.67. The maximum atomic E-state index is 5.67. The van der Waals surface area contributed by atoms with Crippen LogP contribution in [0, 0.1) is 0 Å². The van der Waals surface area contributed by atoms with Gasteiger partial charge in [-0.15, -0.1) is 5.10 Å². The van der Waals surface area contributed by atoms with Crippen molar-refractivity contribution in [3.8, 4) is 0 Å². The number of fused-ring (bicyclic) bond motifs is 1. The van der Waals surface area contributed by atoms with Crippen LogP contribution in [0.4, 0.5) is 11.7 Å². The standard InChI is InChI=1S/C13H16N4O/c1-2-14-9-12-15-16-13(18-12)17-8-7-10-5-3-4-6-11(10)17/h3-6,14H,2,7-9H2,1H3. The molecule has 1 N–H and O–H groups in total. The van der Waals surface area contributed by atoms with Gasteiger partial charge in [0.1, 0.15) is 0 Å². The molecule has 5 heteroatoms. The number of aromatic nitrogens is 2. The van der Waals surface area contributed by atoms with Crippen molar-refractivity contribution in [2.75, 3.05) is 18.0 Å². The number of para-hydroxylation sites is 1. The topological polar surface area (TPSA) is 54.2 Å². The van der Waals surface area contributed by atoms with Crippen molar-refractivity contribution in [3.05, 3.63) is 35.7 Å². The normalized spacial score (nSPS) is 13.9. The molecule has 2 aromatic rings. The molecule has 5 nitrogen and oxygen atoms in total. The summed E-state index contributed by atoms with van der Waals surface area (Å²) in [7, 11) is 0. The van der Waals surface area contributed by atoms with Crippen LogP contribution in [0.2, 0.25) is 0 Å². The Morgan fingerprint density at radius 1 is 1.33 bits per heavy atom. The number of rotatable bonds is 4. The highest BCUT2D eigenvalue weighted by atomic mass is 16.4. The van der Waals surface area contributed by atoms with Crippen molar-refractivity contribution in [2.24, 2.45) is 0 Å². The van der Waals surface area contributed by atoms with E-state index < -0.39 is 0 Å². The zero-order valence-corrected chi connectivity index (χ0v) is 10.4. The predicted molar refractivity (Wildman–Crippen MR) is 68.8 cm³/mol. The third-order valence-electron chi connectivity index (χ3n) is 3.10. The molecule has 18 heavy (non-hydrogen) atoms. The summed E-state index contributed by atoms with van der Waals surface area (Å²) >= 11 is 0. The molecule has 0 aliphatic carbocycles. The van der Waals surface area contributed by atoms with E-state index in [2.05, 4.69) is 38.6 Å². The number of hydrogen-bond donors (Lipinski definition) is 1. The van der Waals surface area contributed by atoms with E-state index in [0.29, 0.717) is 18.5 Å². The summed E-state index contributed by atoms with van der Waals surface area (Å²) in [6.45, 7) is 4.47. The second kappa shape index (κ2) is 4.78. The number of benzene rings is 1. The molecule has 0 amide bonds. The number of anilines is 2. The molecule has 0 bridgehead atoms. The van der Waals surface area contributed by atoms with Crippen molar-refractivity contribution in [1.82, 2.24) is 15.5 Å². The average Bonchev–Trinajstić information content (AvgIpc) is 3.02. The van der Waals surface area contributed by atoms with E-state index >= 15 is 0 Å². The number of nitrogens with zero attached hydrogens (tertiary/aromatic N) is 3. The second-order valence-electron chi connectivity index (χ2n) is 4.29. The highest BCUT2D eigenvalue weighted by Crippen LogP contribution is 2.33. The summed E-state index contributed by atoms with van der Waals surface area (Å²) in [4.78, 5) is 2.08. The smallest absolute Gasteiger partial charge is 0.322 e. The average molecular weight is 244 g/mol. The Balaban J connectivity index is 1.82. The molecule has 0 spiro atoms. The summed E-state index contributed by atoms with van der Waals surface area (Å²) in [6, 6.07) is 8.93. The fourth-order valence-corrected chi connectivity index (χ4v) is 2.19. The van der Waals surface area contributed by atoms with Gasteiger partial charge in [0, 0.05) is 12.2 Å². The molecule has 3 rings (SSSR count). The van der Waals surface area contributed by atoms with Crippen LogP contribution < -0.4 is 10.2 Å². The third kappa shape index (κ3) is 1.97. The van der Waals surface area contributed by atoms with Crippen LogP contribution in [0.1, 0.15) is 18.4 Å². The first-order chi connectivity index (χ1) is 8.88. The predicted octanol–water partition coefficient (Wildman–Crippen LogP) is 1.87. The molecule has 0 atom stereocenters. The fraction of sp³-hybridized carbons (Fsp3) is 0.385. The van der Waals surface area contributed by atoms with Crippen molar-refractivity contribution in [3.63, 3.8) is 0 Å². The van der Waals surface area contributed by atoms with Crippen molar-refractivity contribution in [2.45, 2.75) is 19.9 Å². The van der Waals surface area contributed by atoms with E-state index in [0.717, 1.165) is 19.5 Å². The van der Waals surface area contributed by atoms with E-state index in [1.165, 1.54) is 11.3 Å². The molecule has 2 heterocycles. The largest absolute Gasteiger partial charge is 0.406 e. The van der Waals surface area contributed by atoms with Gasteiger partial charge in [-0.1, -0.05) is 30.2 Å². The quantitative estimate of drug-likeness (QED) is 0.889. The van der Waals surface area contributed by atoms with E-state index in [-0.39, 0.29) is 0 Å². The van der Waals surface area contributed by atoms with Gasteiger partial charge in [0.25, 0.3) is 0 Å². The first kappa shape index (κ1) is 11.2. The zero-order chi connectivity index (χ0) is 12.4. The minimum Gasteiger partial charge on any atom is -0.406 e. The van der Waals surface area contributed by atoms with Gasteiger partial charge >= 0.3 is 6.01 Å². The van der Waals surface area contributed by atoms with E-state index in [1.807, 2.05) is 13.0 Å². The second-order valence-corrected chi connectivity index (χ2v) is 4.29. The van der Waals surface area contributed by atoms with Crippen LogP contribution in [-0.2, 0) is 13.0 Å². The summed E-state index contributed by atoms with van der Waals surface area (Å²) in [5, 5.41) is 11.3. The first-order valence-electron chi connectivity index (χ1n) is 6.27. The minimum absolute atomic E-state index is 0.591. The monoisotopic (exact) mass is 244 g/mol. The van der Waals surface area contributed by atoms with Gasteiger partial charge in [-0.25, -0.2) is 0 Å². The molecule has 0 saturated carbocycles.